The van der Waals surface area contributed by atoms with Crippen molar-refractivity contribution in [2.45, 2.75) is 25.3 Å². The first-order chi connectivity index (χ1) is 13.7. The number of hydrogen-bond acceptors (Lipinski definition) is 4. The molecule has 0 aliphatic rings. The number of rotatable bonds is 8. The zero-order valence-electron chi connectivity index (χ0n) is 16.6. The van der Waals surface area contributed by atoms with Gasteiger partial charge < -0.3 is 15.4 Å². The number of halogens is 2. The Balaban J connectivity index is 1.92. The Hall–Kier alpha value is -2.32. The normalized spacial score (nSPS) is 13.1. The molecule has 2 aromatic rings. The maximum Gasteiger partial charge on any atom is 0.191 e. The lowest BCUT2D eigenvalue weighted by molar-refractivity contribution is 0.224. The fraction of sp³-hybridized carbons (Fsp3) is 0.350. The molecule has 158 valence electrons. The van der Waals surface area contributed by atoms with Gasteiger partial charge in [0.15, 0.2) is 15.8 Å². The molecular formula is C20H25ClFN3O3S. The summed E-state index contributed by atoms with van der Waals surface area (Å²) in [6.07, 6.45) is 1.00. The van der Waals surface area contributed by atoms with E-state index >= 15 is 0 Å². The average molecular weight is 442 g/mol. The summed E-state index contributed by atoms with van der Waals surface area (Å²) in [5.74, 6) is 0.623. The Morgan fingerprint density at radius 1 is 1.17 bits per heavy atom. The molecular weight excluding hydrogens is 417 g/mol. The van der Waals surface area contributed by atoms with Crippen molar-refractivity contribution in [3.63, 3.8) is 0 Å². The Morgan fingerprint density at radius 3 is 2.48 bits per heavy atom. The molecule has 0 aliphatic heterocycles. The Morgan fingerprint density at radius 2 is 1.86 bits per heavy atom. The number of benzene rings is 2. The maximum atomic E-state index is 13.6. The lowest BCUT2D eigenvalue weighted by Crippen LogP contribution is -2.41. The maximum absolute atomic E-state index is 13.6. The first kappa shape index (κ1) is 23.0. The third kappa shape index (κ3) is 8.29. The van der Waals surface area contributed by atoms with Gasteiger partial charge in [-0.05, 0) is 54.4 Å². The molecule has 9 heteroatoms. The van der Waals surface area contributed by atoms with Gasteiger partial charge >= 0.3 is 0 Å². The van der Waals surface area contributed by atoms with E-state index in [2.05, 4.69) is 15.6 Å². The zero-order valence-corrected chi connectivity index (χ0v) is 18.1. The molecule has 0 fully saturated rings. The van der Waals surface area contributed by atoms with Gasteiger partial charge in [-0.1, -0.05) is 17.7 Å². The van der Waals surface area contributed by atoms with Crippen molar-refractivity contribution in [1.82, 2.24) is 10.6 Å². The molecule has 0 saturated heterocycles. The zero-order chi connectivity index (χ0) is 21.4. The Labute approximate surface area is 176 Å². The quantitative estimate of drug-likeness (QED) is 0.486. The number of nitrogens with zero attached hydrogens (tertiary/aromatic N) is 1. The molecule has 0 saturated carbocycles. The highest BCUT2D eigenvalue weighted by atomic mass is 35.5. The molecule has 29 heavy (non-hydrogen) atoms. The third-order valence-corrected chi connectivity index (χ3v) is 5.05. The highest BCUT2D eigenvalue weighted by molar-refractivity contribution is 7.89. The van der Waals surface area contributed by atoms with Gasteiger partial charge in [0, 0.05) is 24.9 Å². The minimum absolute atomic E-state index is 0.148. The second-order valence-corrected chi connectivity index (χ2v) is 9.25. The van der Waals surface area contributed by atoms with Crippen molar-refractivity contribution in [3.8, 4) is 5.75 Å². The highest BCUT2D eigenvalue weighted by Crippen LogP contribution is 2.17. The van der Waals surface area contributed by atoms with Crippen LogP contribution in [0.15, 0.2) is 47.5 Å². The largest absolute Gasteiger partial charge is 0.489 e. The number of aliphatic imine (C=N–C) groups is 1. The third-order valence-electron chi connectivity index (χ3n) is 3.96. The summed E-state index contributed by atoms with van der Waals surface area (Å²) in [7, 11) is -1.62. The van der Waals surface area contributed by atoms with E-state index in [1.165, 1.54) is 18.2 Å². The molecule has 0 heterocycles. The van der Waals surface area contributed by atoms with Crippen molar-refractivity contribution in [1.29, 1.82) is 0 Å². The van der Waals surface area contributed by atoms with Gasteiger partial charge in [0.1, 0.15) is 17.7 Å². The first-order valence-electron chi connectivity index (χ1n) is 8.98. The standard InChI is InChI=1S/C20H25ClFN3O3S/c1-14(28-19-8-5-17(21)6-9-19)11-24-20(23-2)25-12-16-10-18(22)7-4-15(16)13-29(3,26)27/h4-10,14H,11-13H2,1-3H3,(H2,23,24,25). The van der Waals surface area contributed by atoms with Gasteiger partial charge in [-0.3, -0.25) is 4.99 Å². The summed E-state index contributed by atoms with van der Waals surface area (Å²) in [5, 5.41) is 6.84. The van der Waals surface area contributed by atoms with Gasteiger partial charge in [0.25, 0.3) is 0 Å². The second kappa shape index (κ2) is 10.5. The SMILES string of the molecule is CN=C(NCc1cc(F)ccc1CS(C)(=O)=O)NCC(C)Oc1ccc(Cl)cc1. The number of ether oxygens (including phenoxy) is 1. The molecule has 0 radical (unpaired) electrons. The summed E-state index contributed by atoms with van der Waals surface area (Å²) in [6.45, 7) is 2.61. The van der Waals surface area contributed by atoms with Crippen LogP contribution in [0.2, 0.25) is 5.02 Å². The van der Waals surface area contributed by atoms with E-state index < -0.39 is 15.7 Å². The van der Waals surface area contributed by atoms with E-state index in [9.17, 15) is 12.8 Å². The lowest BCUT2D eigenvalue weighted by atomic mass is 10.1. The smallest absolute Gasteiger partial charge is 0.191 e. The Bertz CT molecular complexity index is 950. The van der Waals surface area contributed by atoms with Gasteiger partial charge in [-0.25, -0.2) is 12.8 Å². The molecule has 2 N–H and O–H groups in total. The molecule has 0 aliphatic carbocycles. The van der Waals surface area contributed by atoms with E-state index in [0.29, 0.717) is 34.4 Å². The van der Waals surface area contributed by atoms with Crippen LogP contribution < -0.4 is 15.4 Å². The van der Waals surface area contributed by atoms with E-state index in [-0.39, 0.29) is 18.4 Å². The van der Waals surface area contributed by atoms with Crippen molar-refractivity contribution in [3.05, 3.63) is 64.4 Å². The molecule has 0 bridgehead atoms. The molecule has 1 atom stereocenters. The molecule has 1 unspecified atom stereocenters. The molecule has 2 aromatic carbocycles. The minimum Gasteiger partial charge on any atom is -0.489 e. The van der Waals surface area contributed by atoms with Crippen LogP contribution in [0.3, 0.4) is 0 Å². The van der Waals surface area contributed by atoms with Gasteiger partial charge in [-0.15, -0.1) is 0 Å². The van der Waals surface area contributed by atoms with Crippen LogP contribution in [0.5, 0.6) is 5.75 Å². The Kier molecular flexibility index (Phi) is 8.28. The monoisotopic (exact) mass is 441 g/mol. The van der Waals surface area contributed by atoms with Crippen LogP contribution in [-0.2, 0) is 22.1 Å². The molecule has 2 rings (SSSR count). The summed E-state index contributed by atoms with van der Waals surface area (Å²) >= 11 is 5.86. The van der Waals surface area contributed by atoms with E-state index in [1.807, 2.05) is 6.92 Å². The van der Waals surface area contributed by atoms with Crippen LogP contribution in [0.4, 0.5) is 4.39 Å². The average Bonchev–Trinajstić information content (AvgIpc) is 2.64. The number of hydrogen-bond donors (Lipinski definition) is 2. The van der Waals surface area contributed by atoms with E-state index in [0.717, 1.165) is 6.26 Å². The van der Waals surface area contributed by atoms with Crippen LogP contribution in [-0.4, -0.2) is 40.3 Å². The number of nitrogens with one attached hydrogen (secondary N) is 2. The van der Waals surface area contributed by atoms with Crippen LogP contribution >= 0.6 is 11.6 Å². The number of sulfone groups is 1. The van der Waals surface area contributed by atoms with Crippen molar-refractivity contribution >= 4 is 27.4 Å². The predicted molar refractivity (Wildman–Crippen MR) is 115 cm³/mol. The van der Waals surface area contributed by atoms with Gasteiger partial charge in [0.2, 0.25) is 0 Å². The summed E-state index contributed by atoms with van der Waals surface area (Å²) in [5.41, 5.74) is 1.11. The number of guanidine groups is 1. The fourth-order valence-electron chi connectivity index (χ4n) is 2.61. The molecule has 6 nitrogen and oxygen atoms in total. The first-order valence-corrected chi connectivity index (χ1v) is 11.4. The van der Waals surface area contributed by atoms with Gasteiger partial charge in [0.05, 0.1) is 12.3 Å². The van der Waals surface area contributed by atoms with E-state index in [4.69, 9.17) is 16.3 Å². The second-order valence-electron chi connectivity index (χ2n) is 6.67. The van der Waals surface area contributed by atoms with Gasteiger partial charge in [-0.2, -0.15) is 0 Å². The van der Waals surface area contributed by atoms with E-state index in [1.54, 1.807) is 31.3 Å². The molecule has 0 amide bonds. The topological polar surface area (TPSA) is 79.8 Å². The van der Waals surface area contributed by atoms with Crippen molar-refractivity contribution < 1.29 is 17.5 Å². The fourth-order valence-corrected chi connectivity index (χ4v) is 3.58. The van der Waals surface area contributed by atoms with Crippen LogP contribution in [0.25, 0.3) is 0 Å². The summed E-state index contributed by atoms with van der Waals surface area (Å²) in [6, 6.07) is 11.2. The summed E-state index contributed by atoms with van der Waals surface area (Å²) in [4.78, 5) is 4.13. The highest BCUT2D eigenvalue weighted by Gasteiger charge is 2.12. The molecule has 0 aromatic heterocycles. The summed E-state index contributed by atoms with van der Waals surface area (Å²) < 4.78 is 42.6. The van der Waals surface area contributed by atoms with Crippen molar-refractivity contribution in [2.24, 2.45) is 4.99 Å². The molecule has 0 spiro atoms. The lowest BCUT2D eigenvalue weighted by Gasteiger charge is -2.18. The predicted octanol–water partition coefficient (Wildman–Crippen LogP) is 3.16. The van der Waals surface area contributed by atoms with Crippen LogP contribution in [0, 0.1) is 5.82 Å². The minimum atomic E-state index is -3.23. The van der Waals surface area contributed by atoms with Crippen LogP contribution in [0.1, 0.15) is 18.1 Å². The van der Waals surface area contributed by atoms with Crippen molar-refractivity contribution in [2.75, 3.05) is 19.8 Å².